The molecule has 2 heterocycles. The van der Waals surface area contributed by atoms with Crippen LogP contribution in [0.15, 0.2) is 47.3 Å². The van der Waals surface area contributed by atoms with Crippen LogP contribution in [-0.2, 0) is 17.8 Å². The van der Waals surface area contributed by atoms with Gasteiger partial charge in [-0.15, -0.1) is 13.2 Å². The van der Waals surface area contributed by atoms with E-state index in [1.54, 1.807) is 22.8 Å². The predicted octanol–water partition coefficient (Wildman–Crippen LogP) is 4.04. The number of anilines is 1. The van der Waals surface area contributed by atoms with Crippen molar-refractivity contribution in [3.8, 4) is 11.5 Å². The number of hydrogen-bond donors (Lipinski definition) is 1. The number of aromatic nitrogens is 2. The molecular formula is C22H20F3N3O4. The topological polar surface area (TPSA) is 82.5 Å². The number of carbonyl (C=O) groups is 1. The smallest absolute Gasteiger partial charge is 0.484 e. The summed E-state index contributed by atoms with van der Waals surface area (Å²) in [5, 5.41) is 2.85. The molecule has 0 saturated carbocycles. The number of fused-ring (bicyclic) bond motifs is 2. The van der Waals surface area contributed by atoms with Crippen molar-refractivity contribution in [3.63, 3.8) is 0 Å². The van der Waals surface area contributed by atoms with Crippen LogP contribution >= 0.6 is 0 Å². The Hall–Kier alpha value is -3.56. The Labute approximate surface area is 180 Å². The molecule has 0 radical (unpaired) electrons. The summed E-state index contributed by atoms with van der Waals surface area (Å²) in [7, 11) is 0. The average molecular weight is 447 g/mol. The first-order valence-corrected chi connectivity index (χ1v) is 10.1. The van der Waals surface area contributed by atoms with E-state index in [-0.39, 0.29) is 11.2 Å². The summed E-state index contributed by atoms with van der Waals surface area (Å²) in [5.74, 6) is 0.0727. The van der Waals surface area contributed by atoms with Gasteiger partial charge >= 0.3 is 6.36 Å². The molecule has 0 saturated heterocycles. The highest BCUT2D eigenvalue weighted by Gasteiger charge is 2.31. The third-order valence-electron chi connectivity index (χ3n) is 5.01. The van der Waals surface area contributed by atoms with E-state index in [1.807, 2.05) is 0 Å². The molecule has 1 aliphatic heterocycles. The van der Waals surface area contributed by atoms with Gasteiger partial charge in [-0.1, -0.05) is 12.5 Å². The van der Waals surface area contributed by atoms with Gasteiger partial charge in [-0.3, -0.25) is 14.2 Å². The van der Waals surface area contributed by atoms with Gasteiger partial charge in [0.15, 0.2) is 6.61 Å². The van der Waals surface area contributed by atoms with Crippen LogP contribution in [0.25, 0.3) is 10.9 Å². The normalized spacial score (nSPS) is 13.8. The molecular weight excluding hydrogens is 427 g/mol. The Morgan fingerprint density at radius 3 is 2.75 bits per heavy atom. The monoisotopic (exact) mass is 447 g/mol. The number of ether oxygens (including phenoxy) is 2. The summed E-state index contributed by atoms with van der Waals surface area (Å²) in [6.45, 7) is 0.233. The second-order valence-corrected chi connectivity index (χ2v) is 7.39. The quantitative estimate of drug-likeness (QED) is 0.639. The third kappa shape index (κ3) is 5.19. The molecule has 0 bridgehead atoms. The second-order valence-electron chi connectivity index (χ2n) is 7.39. The first kappa shape index (κ1) is 21.7. The molecule has 0 unspecified atom stereocenters. The highest BCUT2D eigenvalue weighted by molar-refractivity contribution is 5.92. The number of nitrogens with zero attached hydrogens (tertiary/aromatic N) is 2. The first-order chi connectivity index (χ1) is 15.3. The van der Waals surface area contributed by atoms with Crippen LogP contribution in [-0.4, -0.2) is 28.4 Å². The van der Waals surface area contributed by atoms with Crippen molar-refractivity contribution in [3.05, 3.63) is 58.6 Å². The van der Waals surface area contributed by atoms with Crippen molar-refractivity contribution in [2.75, 3.05) is 11.9 Å². The molecule has 168 valence electrons. The maximum Gasteiger partial charge on any atom is 0.573 e. The Bertz CT molecular complexity index is 1210. The lowest BCUT2D eigenvalue weighted by Crippen LogP contribution is -2.24. The van der Waals surface area contributed by atoms with Crippen LogP contribution in [0, 0.1) is 0 Å². The SMILES string of the molecule is O=C(COc1ccc2nc3n(c(=O)c2c1)CCCCC3)Nc1cccc(OC(F)(F)F)c1. The standard InChI is InChI=1S/C22H20F3N3O4/c23-22(24,25)32-16-6-4-5-14(11-16)26-20(29)13-31-15-8-9-18-17(12-15)21(30)28-10-3-1-2-7-19(28)27-18/h4-6,8-9,11-12H,1-3,7,10,13H2,(H,26,29). The number of carbonyl (C=O) groups excluding carboxylic acids is 1. The van der Waals surface area contributed by atoms with Crippen LogP contribution in [0.2, 0.25) is 0 Å². The number of rotatable bonds is 5. The average Bonchev–Trinajstić information content (AvgIpc) is 2.97. The van der Waals surface area contributed by atoms with Gasteiger partial charge in [-0.05, 0) is 43.2 Å². The molecule has 1 aromatic heterocycles. The van der Waals surface area contributed by atoms with Crippen molar-refractivity contribution in [1.29, 1.82) is 0 Å². The van der Waals surface area contributed by atoms with Gasteiger partial charge in [0.1, 0.15) is 17.3 Å². The van der Waals surface area contributed by atoms with Crippen LogP contribution in [0.4, 0.5) is 18.9 Å². The minimum Gasteiger partial charge on any atom is -0.484 e. The molecule has 1 N–H and O–H groups in total. The number of alkyl halides is 3. The summed E-state index contributed by atoms with van der Waals surface area (Å²) in [6, 6.07) is 9.77. The zero-order valence-electron chi connectivity index (χ0n) is 16.9. The zero-order valence-corrected chi connectivity index (χ0v) is 16.9. The molecule has 0 atom stereocenters. The third-order valence-corrected chi connectivity index (χ3v) is 5.01. The van der Waals surface area contributed by atoms with Gasteiger partial charge in [0.05, 0.1) is 10.9 Å². The maximum absolute atomic E-state index is 12.9. The highest BCUT2D eigenvalue weighted by Crippen LogP contribution is 2.25. The molecule has 32 heavy (non-hydrogen) atoms. The minimum atomic E-state index is -4.83. The molecule has 0 spiro atoms. The Morgan fingerprint density at radius 1 is 1.09 bits per heavy atom. The Balaban J connectivity index is 1.44. The van der Waals surface area contributed by atoms with Gasteiger partial charge in [-0.25, -0.2) is 4.98 Å². The van der Waals surface area contributed by atoms with Crippen molar-refractivity contribution >= 4 is 22.5 Å². The Kier molecular flexibility index (Phi) is 6.02. The molecule has 4 rings (SSSR count). The number of amides is 1. The van der Waals surface area contributed by atoms with Gasteiger partial charge in [0.25, 0.3) is 11.5 Å². The second kappa shape index (κ2) is 8.89. The number of nitrogens with one attached hydrogen (secondary N) is 1. The van der Waals surface area contributed by atoms with Crippen LogP contribution in [0.3, 0.4) is 0 Å². The van der Waals surface area contributed by atoms with E-state index < -0.39 is 24.6 Å². The van der Waals surface area contributed by atoms with Crippen LogP contribution in [0.1, 0.15) is 25.1 Å². The van der Waals surface area contributed by atoms with E-state index in [4.69, 9.17) is 4.74 Å². The van der Waals surface area contributed by atoms with Crippen molar-refractivity contribution in [2.24, 2.45) is 0 Å². The number of aryl methyl sites for hydroxylation is 1. The fourth-order valence-electron chi connectivity index (χ4n) is 3.60. The van der Waals surface area contributed by atoms with Gasteiger partial charge in [-0.2, -0.15) is 0 Å². The summed E-state index contributed by atoms with van der Waals surface area (Å²) < 4.78 is 48.0. The maximum atomic E-state index is 12.9. The van der Waals surface area contributed by atoms with Crippen LogP contribution in [0.5, 0.6) is 11.5 Å². The molecule has 1 amide bonds. The lowest BCUT2D eigenvalue weighted by atomic mass is 10.2. The Morgan fingerprint density at radius 2 is 1.94 bits per heavy atom. The molecule has 10 heteroatoms. The molecule has 3 aromatic rings. The molecule has 0 aliphatic carbocycles. The molecule has 0 fully saturated rings. The predicted molar refractivity (Wildman–Crippen MR) is 111 cm³/mol. The van der Waals surface area contributed by atoms with Crippen molar-refractivity contribution < 1.29 is 27.4 Å². The van der Waals surface area contributed by atoms with Crippen molar-refractivity contribution in [1.82, 2.24) is 9.55 Å². The zero-order chi connectivity index (χ0) is 22.7. The van der Waals surface area contributed by atoms with Crippen LogP contribution < -0.4 is 20.3 Å². The summed E-state index contributed by atoms with van der Waals surface area (Å²) >= 11 is 0. The van der Waals surface area contributed by atoms with E-state index in [0.29, 0.717) is 23.2 Å². The largest absolute Gasteiger partial charge is 0.573 e. The highest BCUT2D eigenvalue weighted by atomic mass is 19.4. The number of halogens is 3. The lowest BCUT2D eigenvalue weighted by molar-refractivity contribution is -0.274. The summed E-state index contributed by atoms with van der Waals surface area (Å²) in [4.78, 5) is 29.6. The molecule has 1 aliphatic rings. The van der Waals surface area contributed by atoms with E-state index in [1.165, 1.54) is 12.1 Å². The van der Waals surface area contributed by atoms with E-state index >= 15 is 0 Å². The van der Waals surface area contributed by atoms with E-state index in [2.05, 4.69) is 15.0 Å². The summed E-state index contributed by atoms with van der Waals surface area (Å²) in [5.41, 5.74) is 0.564. The molecule has 2 aromatic carbocycles. The van der Waals surface area contributed by atoms with Crippen molar-refractivity contribution in [2.45, 2.75) is 38.6 Å². The number of hydrogen-bond acceptors (Lipinski definition) is 5. The lowest BCUT2D eigenvalue weighted by Gasteiger charge is -2.12. The van der Waals surface area contributed by atoms with E-state index in [0.717, 1.165) is 43.6 Å². The van der Waals surface area contributed by atoms with Gasteiger partial charge in [0, 0.05) is 24.7 Å². The fourth-order valence-corrected chi connectivity index (χ4v) is 3.60. The number of benzene rings is 2. The summed E-state index contributed by atoms with van der Waals surface area (Å²) in [6.07, 6.45) is -1.09. The fraction of sp³-hybridized carbons (Fsp3) is 0.318. The molecule has 7 nitrogen and oxygen atoms in total. The van der Waals surface area contributed by atoms with Gasteiger partial charge < -0.3 is 14.8 Å². The minimum absolute atomic E-state index is 0.129. The first-order valence-electron chi connectivity index (χ1n) is 10.1. The van der Waals surface area contributed by atoms with E-state index in [9.17, 15) is 22.8 Å². The van der Waals surface area contributed by atoms with Gasteiger partial charge in [0.2, 0.25) is 0 Å².